The van der Waals surface area contributed by atoms with Crippen LogP contribution in [0.25, 0.3) is 0 Å². The Kier molecular flexibility index (Phi) is 7.48. The minimum atomic E-state index is -1.24. The number of nitrogens with zero attached hydrogens (tertiary/aromatic N) is 1. The number of carboxylic acids is 2. The van der Waals surface area contributed by atoms with Gasteiger partial charge in [-0.3, -0.25) is 4.79 Å². The van der Waals surface area contributed by atoms with Gasteiger partial charge >= 0.3 is 17.9 Å². The number of benzene rings is 2. The molecule has 9 heteroatoms. The molecule has 0 spiro atoms. The number of carbonyl (C=O) groups is 4. The van der Waals surface area contributed by atoms with Gasteiger partial charge in [0.25, 0.3) is 0 Å². The Balaban J connectivity index is 2.28. The van der Waals surface area contributed by atoms with Gasteiger partial charge in [0.1, 0.15) is 5.71 Å². The van der Waals surface area contributed by atoms with Gasteiger partial charge in [0, 0.05) is 21.8 Å². The first-order valence-electron chi connectivity index (χ1n) is 8.82. The molecule has 0 unspecified atom stereocenters. The molecule has 0 aliphatic rings. The summed E-state index contributed by atoms with van der Waals surface area (Å²) < 4.78 is 0. The highest BCUT2D eigenvalue weighted by atomic mass is 32.2. The van der Waals surface area contributed by atoms with Crippen LogP contribution >= 0.6 is 11.8 Å². The van der Waals surface area contributed by atoms with Crippen LogP contribution in [0, 0.1) is 6.92 Å². The number of hydrogen-bond acceptors (Lipinski definition) is 7. The molecule has 0 atom stereocenters. The third-order valence-electron chi connectivity index (χ3n) is 4.03. The average molecular weight is 429 g/mol. The quantitative estimate of drug-likeness (QED) is 0.278. The number of rotatable bonds is 8. The number of aromatic carboxylic acids is 2. The van der Waals surface area contributed by atoms with Crippen LogP contribution < -0.4 is 0 Å². The fraction of sp³-hybridized carbons (Fsp3) is 0.190. The lowest BCUT2D eigenvalue weighted by molar-refractivity contribution is -0.143. The molecule has 0 bridgehead atoms. The maximum absolute atomic E-state index is 12.5. The van der Waals surface area contributed by atoms with Crippen molar-refractivity contribution in [1.29, 1.82) is 0 Å². The zero-order valence-corrected chi connectivity index (χ0v) is 17.3. The number of hydrogen-bond donors (Lipinski definition) is 2. The lowest BCUT2D eigenvalue weighted by Crippen LogP contribution is -2.13. The van der Waals surface area contributed by atoms with Crippen LogP contribution in [0.5, 0.6) is 0 Å². The second-order valence-electron chi connectivity index (χ2n) is 6.22. The molecule has 8 nitrogen and oxygen atoms in total. The third-order valence-corrected chi connectivity index (χ3v) is 5.09. The van der Waals surface area contributed by atoms with Gasteiger partial charge in [-0.15, -0.1) is 0 Å². The molecule has 0 aliphatic heterocycles. The van der Waals surface area contributed by atoms with E-state index in [4.69, 9.17) is 5.11 Å². The Morgan fingerprint density at radius 3 is 2.27 bits per heavy atom. The maximum Gasteiger partial charge on any atom is 0.336 e. The first kappa shape index (κ1) is 22.8. The SMILES string of the molecule is CCC(=O)O/N=C(\C)C(=O)c1ccc(Sc2ccc(C(=O)O)cc2C(=O)O)cc1C. The number of carboxylic acid groups (broad SMARTS) is 2. The van der Waals surface area contributed by atoms with Crippen LogP contribution in [-0.2, 0) is 9.63 Å². The summed E-state index contributed by atoms with van der Waals surface area (Å²) in [7, 11) is 0. The topological polar surface area (TPSA) is 130 Å². The van der Waals surface area contributed by atoms with Crippen molar-refractivity contribution >= 4 is 41.2 Å². The van der Waals surface area contributed by atoms with E-state index in [9.17, 15) is 24.3 Å². The standard InChI is InChI=1S/C21H19NO7S/c1-4-18(23)29-22-12(3)19(24)15-7-6-14(9-11(15)2)30-17-8-5-13(20(25)26)10-16(17)21(27)28/h5-10H,4H2,1-3H3,(H,25,26)(H,27,28)/b22-12+. The summed E-state index contributed by atoms with van der Waals surface area (Å²) in [5.41, 5.74) is 0.775. The molecule has 30 heavy (non-hydrogen) atoms. The summed E-state index contributed by atoms with van der Waals surface area (Å²) in [6.45, 7) is 4.77. The average Bonchev–Trinajstić information content (AvgIpc) is 2.71. The van der Waals surface area contributed by atoms with Crippen LogP contribution in [0.4, 0.5) is 0 Å². The van der Waals surface area contributed by atoms with Gasteiger partial charge in [-0.25, -0.2) is 14.4 Å². The van der Waals surface area contributed by atoms with Gasteiger partial charge in [-0.2, -0.15) is 0 Å². The molecular formula is C21H19NO7S. The minimum absolute atomic E-state index is 0.0257. The van der Waals surface area contributed by atoms with E-state index in [-0.39, 0.29) is 23.3 Å². The Morgan fingerprint density at radius 1 is 1.00 bits per heavy atom. The van der Waals surface area contributed by atoms with E-state index < -0.39 is 23.7 Å². The molecule has 156 valence electrons. The monoisotopic (exact) mass is 429 g/mol. The highest BCUT2D eigenvalue weighted by Gasteiger charge is 2.17. The Hall–Kier alpha value is -3.46. The molecule has 2 rings (SSSR count). The molecule has 2 aromatic carbocycles. The highest BCUT2D eigenvalue weighted by Crippen LogP contribution is 2.32. The fourth-order valence-corrected chi connectivity index (χ4v) is 3.44. The zero-order valence-electron chi connectivity index (χ0n) is 16.5. The number of ketones is 1. The van der Waals surface area contributed by atoms with Crippen LogP contribution in [0.3, 0.4) is 0 Å². The number of carbonyl (C=O) groups excluding carboxylic acids is 2. The molecule has 0 radical (unpaired) electrons. The fourth-order valence-electron chi connectivity index (χ4n) is 2.42. The molecule has 0 saturated heterocycles. The predicted molar refractivity (Wildman–Crippen MR) is 109 cm³/mol. The van der Waals surface area contributed by atoms with Gasteiger partial charge in [0.15, 0.2) is 0 Å². The number of Topliss-reactive ketones (excluding diaryl/α,β-unsaturated/α-hetero) is 1. The molecule has 0 fully saturated rings. The van der Waals surface area contributed by atoms with Gasteiger partial charge in [-0.05, 0) is 55.8 Å². The van der Waals surface area contributed by atoms with Crippen molar-refractivity contribution in [3.8, 4) is 0 Å². The number of oxime groups is 1. The van der Waals surface area contributed by atoms with Crippen LogP contribution in [0.1, 0.15) is 56.9 Å². The summed E-state index contributed by atoms with van der Waals surface area (Å²) in [5, 5.41) is 22.0. The maximum atomic E-state index is 12.5. The first-order chi connectivity index (χ1) is 14.1. The van der Waals surface area contributed by atoms with Crippen LogP contribution in [0.15, 0.2) is 51.3 Å². The molecular weight excluding hydrogens is 410 g/mol. The first-order valence-corrected chi connectivity index (χ1v) is 9.64. The smallest absolute Gasteiger partial charge is 0.336 e. The van der Waals surface area contributed by atoms with Crippen molar-refractivity contribution in [2.24, 2.45) is 5.16 Å². The highest BCUT2D eigenvalue weighted by molar-refractivity contribution is 7.99. The second kappa shape index (κ2) is 9.84. The minimum Gasteiger partial charge on any atom is -0.478 e. The van der Waals surface area contributed by atoms with E-state index >= 15 is 0 Å². The van der Waals surface area contributed by atoms with E-state index in [1.807, 2.05) is 0 Å². The molecule has 2 N–H and O–H groups in total. The van der Waals surface area contributed by atoms with Crippen LogP contribution in [0.2, 0.25) is 0 Å². The van der Waals surface area contributed by atoms with E-state index in [1.54, 1.807) is 32.0 Å². The van der Waals surface area contributed by atoms with Gasteiger partial charge < -0.3 is 15.1 Å². The van der Waals surface area contributed by atoms with Gasteiger partial charge in [-0.1, -0.05) is 23.8 Å². The molecule has 0 heterocycles. The summed E-state index contributed by atoms with van der Waals surface area (Å²) in [5.74, 6) is -3.40. The summed E-state index contributed by atoms with van der Waals surface area (Å²) in [6, 6.07) is 8.80. The van der Waals surface area contributed by atoms with E-state index in [0.717, 1.165) is 17.8 Å². The van der Waals surface area contributed by atoms with Crippen molar-refractivity contribution in [3.05, 3.63) is 58.7 Å². The van der Waals surface area contributed by atoms with Crippen molar-refractivity contribution in [3.63, 3.8) is 0 Å². The van der Waals surface area contributed by atoms with Crippen molar-refractivity contribution in [2.75, 3.05) is 0 Å². The van der Waals surface area contributed by atoms with E-state index in [1.165, 1.54) is 19.1 Å². The van der Waals surface area contributed by atoms with Gasteiger partial charge in [0.2, 0.25) is 5.78 Å². The van der Waals surface area contributed by atoms with Crippen molar-refractivity contribution < 1.29 is 34.2 Å². The van der Waals surface area contributed by atoms with Crippen LogP contribution in [-0.4, -0.2) is 39.6 Å². The summed E-state index contributed by atoms with van der Waals surface area (Å²) in [4.78, 5) is 51.9. The molecule has 0 aromatic heterocycles. The normalized spacial score (nSPS) is 11.1. The molecule has 2 aromatic rings. The Labute approximate surface area is 176 Å². The number of aryl methyl sites for hydroxylation is 1. The van der Waals surface area contributed by atoms with Gasteiger partial charge in [0.05, 0.1) is 11.1 Å². The summed E-state index contributed by atoms with van der Waals surface area (Å²) >= 11 is 1.14. The van der Waals surface area contributed by atoms with Crippen molar-refractivity contribution in [1.82, 2.24) is 0 Å². The molecule has 0 aliphatic carbocycles. The Bertz CT molecular complexity index is 1060. The van der Waals surface area contributed by atoms with E-state index in [2.05, 4.69) is 9.99 Å². The van der Waals surface area contributed by atoms with Crippen molar-refractivity contribution in [2.45, 2.75) is 37.0 Å². The van der Waals surface area contributed by atoms with E-state index in [0.29, 0.717) is 20.9 Å². The largest absolute Gasteiger partial charge is 0.478 e. The molecule has 0 amide bonds. The Morgan fingerprint density at radius 2 is 1.70 bits per heavy atom. The lowest BCUT2D eigenvalue weighted by Gasteiger charge is -2.10. The predicted octanol–water partition coefficient (Wildman–Crippen LogP) is 4.05. The lowest BCUT2D eigenvalue weighted by atomic mass is 10.0. The second-order valence-corrected chi connectivity index (χ2v) is 7.34. The molecule has 0 saturated carbocycles. The zero-order chi connectivity index (χ0) is 22.4. The summed E-state index contributed by atoms with van der Waals surface area (Å²) in [6.07, 6.45) is 0.141. The third kappa shape index (κ3) is 5.54.